The van der Waals surface area contributed by atoms with Crippen LogP contribution in [0.4, 0.5) is 0 Å². The Bertz CT molecular complexity index is 997. The normalized spacial score (nSPS) is 31.2. The highest BCUT2D eigenvalue weighted by Gasteiger charge is 2.49. The molecule has 2 aromatic carbocycles. The highest BCUT2D eigenvalue weighted by atomic mass is 14.9. The first-order valence-corrected chi connectivity index (χ1v) is 10.3. The average molecular weight is 367 g/mol. The van der Waals surface area contributed by atoms with Gasteiger partial charge in [-0.2, -0.15) is 0 Å². The zero-order valence-electron chi connectivity index (χ0n) is 16.5. The summed E-state index contributed by atoms with van der Waals surface area (Å²) >= 11 is 0. The Morgan fingerprint density at radius 3 is 2.39 bits per heavy atom. The molecule has 5 rings (SSSR count). The van der Waals surface area contributed by atoms with Gasteiger partial charge in [-0.1, -0.05) is 74.5 Å². The second-order valence-electron chi connectivity index (χ2n) is 8.53. The number of rotatable bonds is 2. The monoisotopic (exact) mass is 366 g/mol. The minimum atomic E-state index is 0.0256. The summed E-state index contributed by atoms with van der Waals surface area (Å²) in [6.45, 7) is 4.71. The molecular formula is C26H26N2. The van der Waals surface area contributed by atoms with Crippen LogP contribution in [-0.4, -0.2) is 12.4 Å². The summed E-state index contributed by atoms with van der Waals surface area (Å²) < 4.78 is 0. The van der Waals surface area contributed by atoms with Crippen molar-refractivity contribution in [3.63, 3.8) is 0 Å². The van der Waals surface area contributed by atoms with Crippen molar-refractivity contribution >= 4 is 18.0 Å². The Morgan fingerprint density at radius 2 is 1.64 bits per heavy atom. The van der Waals surface area contributed by atoms with E-state index < -0.39 is 0 Å². The molecule has 4 unspecified atom stereocenters. The third-order valence-electron chi connectivity index (χ3n) is 6.83. The molecule has 0 saturated heterocycles. The molecule has 0 amide bonds. The van der Waals surface area contributed by atoms with Gasteiger partial charge in [0.15, 0.2) is 0 Å². The molecule has 0 aromatic heterocycles. The summed E-state index contributed by atoms with van der Waals surface area (Å²) in [7, 11) is 0. The van der Waals surface area contributed by atoms with Crippen molar-refractivity contribution in [2.24, 2.45) is 27.2 Å². The van der Waals surface area contributed by atoms with E-state index in [2.05, 4.69) is 86.8 Å². The molecule has 0 saturated carbocycles. The summed E-state index contributed by atoms with van der Waals surface area (Å²) in [4.78, 5) is 9.88. The van der Waals surface area contributed by atoms with E-state index >= 15 is 0 Å². The van der Waals surface area contributed by atoms with Gasteiger partial charge in [-0.3, -0.25) is 9.98 Å². The Hall–Kier alpha value is -2.74. The number of dihydropyridines is 1. The Kier molecular flexibility index (Phi) is 4.16. The molecule has 140 valence electrons. The Balaban J connectivity index is 1.62. The molecule has 4 atom stereocenters. The standard InChI is InChI=1S/C26H26N2/c1-18-17-28-25-24-22(21(14-16-27-24)19-9-5-3-6-10-19)13-15-26(25,2)23(18)20-11-7-4-8-12-20/h3-12,14,16-18,22-23H,13,15H2,1-2H3. The van der Waals surface area contributed by atoms with Gasteiger partial charge in [0, 0.05) is 29.7 Å². The summed E-state index contributed by atoms with van der Waals surface area (Å²) in [5.74, 6) is 1.21. The summed E-state index contributed by atoms with van der Waals surface area (Å²) in [6, 6.07) is 21.7. The van der Waals surface area contributed by atoms with Gasteiger partial charge in [0.1, 0.15) is 0 Å². The predicted octanol–water partition coefficient (Wildman–Crippen LogP) is 6.29. The van der Waals surface area contributed by atoms with Crippen molar-refractivity contribution in [2.75, 3.05) is 0 Å². The highest BCUT2D eigenvalue weighted by Crippen LogP contribution is 2.58. The zero-order chi connectivity index (χ0) is 19.1. The van der Waals surface area contributed by atoms with Crippen molar-refractivity contribution in [1.82, 2.24) is 0 Å². The maximum Gasteiger partial charge on any atom is 0.0698 e. The molecule has 0 bridgehead atoms. The predicted molar refractivity (Wildman–Crippen MR) is 118 cm³/mol. The summed E-state index contributed by atoms with van der Waals surface area (Å²) in [6.07, 6.45) is 8.57. The van der Waals surface area contributed by atoms with Crippen molar-refractivity contribution < 1.29 is 0 Å². The second-order valence-corrected chi connectivity index (χ2v) is 8.53. The van der Waals surface area contributed by atoms with Gasteiger partial charge in [-0.25, -0.2) is 0 Å². The van der Waals surface area contributed by atoms with Crippen molar-refractivity contribution in [3.05, 3.63) is 89.3 Å². The maximum atomic E-state index is 5.01. The molecule has 3 aliphatic rings. The van der Waals surface area contributed by atoms with Crippen LogP contribution in [0.1, 0.15) is 43.7 Å². The van der Waals surface area contributed by atoms with E-state index in [0.29, 0.717) is 17.8 Å². The van der Waals surface area contributed by atoms with Gasteiger partial charge < -0.3 is 0 Å². The Morgan fingerprint density at radius 1 is 0.929 bits per heavy atom. The van der Waals surface area contributed by atoms with Crippen LogP contribution in [0.25, 0.3) is 5.57 Å². The van der Waals surface area contributed by atoms with Crippen LogP contribution in [0.2, 0.25) is 0 Å². The number of allylic oxidation sites excluding steroid dienone is 3. The smallest absolute Gasteiger partial charge is 0.0698 e. The van der Waals surface area contributed by atoms with E-state index in [1.165, 1.54) is 28.1 Å². The first kappa shape index (κ1) is 17.4. The second kappa shape index (κ2) is 6.70. The molecule has 0 fully saturated rings. The van der Waals surface area contributed by atoms with Crippen LogP contribution >= 0.6 is 0 Å². The minimum absolute atomic E-state index is 0.0256. The van der Waals surface area contributed by atoms with Gasteiger partial charge in [0.2, 0.25) is 0 Å². The van der Waals surface area contributed by atoms with Gasteiger partial charge in [-0.05, 0) is 41.5 Å². The van der Waals surface area contributed by atoms with Crippen LogP contribution in [-0.2, 0) is 0 Å². The number of aliphatic imine (C=N–C) groups is 2. The number of hydrogen-bond acceptors (Lipinski definition) is 2. The lowest BCUT2D eigenvalue weighted by Gasteiger charge is -2.48. The summed E-state index contributed by atoms with van der Waals surface area (Å²) in [5, 5.41) is 0. The van der Waals surface area contributed by atoms with E-state index in [9.17, 15) is 0 Å². The topological polar surface area (TPSA) is 24.7 Å². The van der Waals surface area contributed by atoms with E-state index in [4.69, 9.17) is 9.98 Å². The third-order valence-corrected chi connectivity index (χ3v) is 6.83. The number of benzene rings is 2. The quantitative estimate of drug-likeness (QED) is 0.597. The van der Waals surface area contributed by atoms with E-state index in [-0.39, 0.29) is 5.41 Å². The van der Waals surface area contributed by atoms with Crippen LogP contribution < -0.4 is 0 Å². The molecule has 0 N–H and O–H groups in total. The van der Waals surface area contributed by atoms with Crippen LogP contribution in [0.5, 0.6) is 0 Å². The third kappa shape index (κ3) is 2.63. The molecule has 0 spiro atoms. The molecule has 1 aliphatic carbocycles. The molecule has 2 heterocycles. The SMILES string of the molecule is CC1C=NC2=C3N=CC=C(c4ccccc4)C3CCC2(C)C1c1ccccc1. The van der Waals surface area contributed by atoms with Crippen molar-refractivity contribution in [1.29, 1.82) is 0 Å². The first-order chi connectivity index (χ1) is 13.7. The van der Waals surface area contributed by atoms with E-state index in [1.807, 2.05) is 6.21 Å². The molecular weight excluding hydrogens is 340 g/mol. The molecule has 2 aromatic rings. The lowest BCUT2D eigenvalue weighted by atomic mass is 9.58. The maximum absolute atomic E-state index is 5.01. The number of fused-ring (bicyclic) bond motifs is 2. The largest absolute Gasteiger partial charge is 0.263 e. The molecule has 0 radical (unpaired) electrons. The van der Waals surface area contributed by atoms with Gasteiger partial charge in [0.25, 0.3) is 0 Å². The lowest BCUT2D eigenvalue weighted by molar-refractivity contribution is 0.216. The van der Waals surface area contributed by atoms with Gasteiger partial charge >= 0.3 is 0 Å². The average Bonchev–Trinajstić information content (AvgIpc) is 2.74. The van der Waals surface area contributed by atoms with Crippen molar-refractivity contribution in [3.8, 4) is 0 Å². The van der Waals surface area contributed by atoms with E-state index in [1.54, 1.807) is 0 Å². The molecule has 28 heavy (non-hydrogen) atoms. The zero-order valence-corrected chi connectivity index (χ0v) is 16.5. The molecule has 2 heteroatoms. The van der Waals surface area contributed by atoms with Gasteiger partial charge in [0.05, 0.1) is 11.4 Å². The Labute approximate surface area is 167 Å². The van der Waals surface area contributed by atoms with Crippen molar-refractivity contribution in [2.45, 2.75) is 32.6 Å². The summed E-state index contributed by atoms with van der Waals surface area (Å²) in [5.41, 5.74) is 6.50. The fraction of sp³-hybridized carbons (Fsp3) is 0.308. The number of hydrogen-bond donors (Lipinski definition) is 0. The molecule has 2 aliphatic heterocycles. The fourth-order valence-electron chi connectivity index (χ4n) is 5.56. The fourth-order valence-corrected chi connectivity index (χ4v) is 5.56. The lowest BCUT2D eigenvalue weighted by Crippen LogP contribution is -2.40. The van der Waals surface area contributed by atoms with E-state index in [0.717, 1.165) is 12.8 Å². The highest BCUT2D eigenvalue weighted by molar-refractivity contribution is 5.90. The number of nitrogens with zero attached hydrogens (tertiary/aromatic N) is 2. The van der Waals surface area contributed by atoms with Crippen LogP contribution in [0.15, 0.2) is 88.1 Å². The van der Waals surface area contributed by atoms with Gasteiger partial charge in [-0.15, -0.1) is 0 Å². The minimum Gasteiger partial charge on any atom is -0.263 e. The van der Waals surface area contributed by atoms with Crippen LogP contribution in [0, 0.1) is 17.3 Å². The van der Waals surface area contributed by atoms with Crippen LogP contribution in [0.3, 0.4) is 0 Å². The molecule has 2 nitrogen and oxygen atoms in total. The first-order valence-electron chi connectivity index (χ1n) is 10.3.